The van der Waals surface area contributed by atoms with Crippen LogP contribution in [0.4, 0.5) is 5.82 Å². The molecule has 2 rings (SSSR count). The second kappa shape index (κ2) is 5.63. The molecule has 1 aromatic heterocycles. The van der Waals surface area contributed by atoms with Gasteiger partial charge in [0.2, 0.25) is 0 Å². The van der Waals surface area contributed by atoms with E-state index in [0.717, 1.165) is 23.9 Å². The molecule has 1 aromatic rings. The second-order valence-electron chi connectivity index (χ2n) is 4.95. The minimum Gasteiger partial charge on any atom is -0.367 e. The van der Waals surface area contributed by atoms with Gasteiger partial charge in [-0.1, -0.05) is 0 Å². The summed E-state index contributed by atoms with van der Waals surface area (Å²) in [6, 6.07) is 2.01. The number of nitrogens with zero attached hydrogens (tertiary/aromatic N) is 3. The van der Waals surface area contributed by atoms with Crippen LogP contribution in [0.3, 0.4) is 0 Å². The summed E-state index contributed by atoms with van der Waals surface area (Å²) < 4.78 is 5.91. The van der Waals surface area contributed by atoms with Crippen molar-refractivity contribution in [1.29, 1.82) is 0 Å². The van der Waals surface area contributed by atoms with Gasteiger partial charge in [0.25, 0.3) is 0 Å². The van der Waals surface area contributed by atoms with Crippen LogP contribution in [0.15, 0.2) is 17.4 Å². The fourth-order valence-corrected chi connectivity index (χ4v) is 2.70. The lowest BCUT2D eigenvalue weighted by Gasteiger charge is -2.42. The van der Waals surface area contributed by atoms with Crippen molar-refractivity contribution in [3.63, 3.8) is 0 Å². The summed E-state index contributed by atoms with van der Waals surface area (Å²) in [5.41, 5.74) is -0.206. The topological polar surface area (TPSA) is 38.2 Å². The fraction of sp³-hybridized carbons (Fsp3) is 0.667. The van der Waals surface area contributed by atoms with Crippen molar-refractivity contribution in [1.82, 2.24) is 9.97 Å². The van der Waals surface area contributed by atoms with Gasteiger partial charge >= 0.3 is 0 Å². The molecular formula is C12H18ClN3OS. The first kappa shape index (κ1) is 13.9. The van der Waals surface area contributed by atoms with Crippen LogP contribution < -0.4 is 4.90 Å². The van der Waals surface area contributed by atoms with Crippen LogP contribution in [0.1, 0.15) is 13.8 Å². The van der Waals surface area contributed by atoms with E-state index in [4.69, 9.17) is 16.3 Å². The summed E-state index contributed by atoms with van der Waals surface area (Å²) in [5.74, 6) is 1.45. The molecule has 1 fully saturated rings. The van der Waals surface area contributed by atoms with Gasteiger partial charge in [-0.3, -0.25) is 0 Å². The first-order chi connectivity index (χ1) is 8.54. The zero-order valence-electron chi connectivity index (χ0n) is 10.9. The summed E-state index contributed by atoms with van der Waals surface area (Å²) in [5, 5.41) is 0.978. The van der Waals surface area contributed by atoms with Gasteiger partial charge in [0.1, 0.15) is 17.2 Å². The Hall–Kier alpha value is -0.520. The second-order valence-corrected chi connectivity index (χ2v) is 6.09. The van der Waals surface area contributed by atoms with E-state index in [1.54, 1.807) is 18.1 Å². The first-order valence-electron chi connectivity index (χ1n) is 5.89. The highest BCUT2D eigenvalue weighted by Gasteiger charge is 2.33. The number of morpholine rings is 1. The molecule has 1 atom stereocenters. The molecule has 18 heavy (non-hydrogen) atoms. The number of thioether (sulfide) groups is 1. The highest BCUT2D eigenvalue weighted by Crippen LogP contribution is 2.26. The van der Waals surface area contributed by atoms with Crippen LogP contribution in [-0.4, -0.2) is 46.9 Å². The molecule has 4 nitrogen and oxygen atoms in total. The van der Waals surface area contributed by atoms with Crippen molar-refractivity contribution in [3.05, 3.63) is 12.4 Å². The van der Waals surface area contributed by atoms with E-state index in [9.17, 15) is 0 Å². The van der Waals surface area contributed by atoms with Gasteiger partial charge in [0.05, 0.1) is 17.6 Å². The summed E-state index contributed by atoms with van der Waals surface area (Å²) >= 11 is 7.55. The molecule has 2 heterocycles. The Morgan fingerprint density at radius 2 is 2.33 bits per heavy atom. The molecule has 100 valence electrons. The average Bonchev–Trinajstić information content (AvgIpc) is 2.37. The molecule has 0 aliphatic carbocycles. The molecule has 0 amide bonds. The monoisotopic (exact) mass is 287 g/mol. The predicted molar refractivity (Wildman–Crippen MR) is 75.7 cm³/mol. The third-order valence-electron chi connectivity index (χ3n) is 2.81. The van der Waals surface area contributed by atoms with Crippen LogP contribution in [0.5, 0.6) is 0 Å². The number of alkyl halides is 1. The lowest BCUT2D eigenvalue weighted by Crippen LogP contribution is -2.53. The van der Waals surface area contributed by atoms with E-state index in [2.05, 4.69) is 28.7 Å². The summed E-state index contributed by atoms with van der Waals surface area (Å²) in [7, 11) is 0. The van der Waals surface area contributed by atoms with Crippen LogP contribution in [-0.2, 0) is 4.74 Å². The lowest BCUT2D eigenvalue weighted by atomic mass is 10.1. The van der Waals surface area contributed by atoms with Crippen LogP contribution in [0.2, 0.25) is 0 Å². The zero-order valence-corrected chi connectivity index (χ0v) is 12.5. The highest BCUT2D eigenvalue weighted by atomic mass is 35.5. The summed E-state index contributed by atoms with van der Waals surface area (Å²) in [4.78, 5) is 10.8. The van der Waals surface area contributed by atoms with E-state index in [-0.39, 0.29) is 11.7 Å². The fourth-order valence-electron chi connectivity index (χ4n) is 2.17. The highest BCUT2D eigenvalue weighted by molar-refractivity contribution is 7.98. The molecule has 1 aliphatic rings. The van der Waals surface area contributed by atoms with Gasteiger partial charge in [-0.2, -0.15) is 0 Å². The van der Waals surface area contributed by atoms with Crippen LogP contribution in [0, 0.1) is 0 Å². The van der Waals surface area contributed by atoms with Crippen molar-refractivity contribution < 1.29 is 4.74 Å². The number of aromatic nitrogens is 2. The molecule has 0 N–H and O–H groups in total. The Kier molecular flexibility index (Phi) is 4.35. The smallest absolute Gasteiger partial charge is 0.133 e. The maximum atomic E-state index is 5.93. The van der Waals surface area contributed by atoms with E-state index in [1.165, 1.54) is 0 Å². The maximum Gasteiger partial charge on any atom is 0.133 e. The standard InChI is InChI=1S/C12H18ClN3OS/c1-12(2)7-16(6-9(5-13)17-12)10-4-11(18-3)15-8-14-10/h4,8-9H,5-7H2,1-3H3. The minimum atomic E-state index is -0.206. The van der Waals surface area contributed by atoms with Crippen molar-refractivity contribution in [2.75, 3.05) is 30.1 Å². The summed E-state index contributed by atoms with van der Waals surface area (Å²) in [6.45, 7) is 5.74. The van der Waals surface area contributed by atoms with Gasteiger partial charge in [0, 0.05) is 19.2 Å². The third kappa shape index (κ3) is 3.28. The van der Waals surface area contributed by atoms with Crippen molar-refractivity contribution in [3.8, 4) is 0 Å². The Balaban J connectivity index is 2.20. The van der Waals surface area contributed by atoms with E-state index < -0.39 is 0 Å². The molecule has 0 bridgehead atoms. The molecule has 0 spiro atoms. The zero-order chi connectivity index (χ0) is 13.2. The quantitative estimate of drug-likeness (QED) is 0.485. The third-order valence-corrected chi connectivity index (χ3v) is 3.80. The Labute approximate surface area is 117 Å². The minimum absolute atomic E-state index is 0.0445. The molecule has 1 aliphatic heterocycles. The molecular weight excluding hydrogens is 270 g/mol. The Morgan fingerprint density at radius 3 is 3.00 bits per heavy atom. The number of ether oxygens (including phenoxy) is 1. The average molecular weight is 288 g/mol. The van der Waals surface area contributed by atoms with Crippen molar-refractivity contribution >= 4 is 29.2 Å². The van der Waals surface area contributed by atoms with Gasteiger partial charge in [0.15, 0.2) is 0 Å². The molecule has 0 saturated carbocycles. The van der Waals surface area contributed by atoms with E-state index in [0.29, 0.717) is 5.88 Å². The number of rotatable bonds is 3. The number of hydrogen-bond acceptors (Lipinski definition) is 5. The number of anilines is 1. The van der Waals surface area contributed by atoms with Gasteiger partial charge in [-0.05, 0) is 20.1 Å². The lowest BCUT2D eigenvalue weighted by molar-refractivity contribution is -0.0736. The largest absolute Gasteiger partial charge is 0.367 e. The summed E-state index contributed by atoms with van der Waals surface area (Å²) in [6.07, 6.45) is 3.67. The normalized spacial score (nSPS) is 23.1. The SMILES string of the molecule is CSc1cc(N2CC(CCl)OC(C)(C)C2)ncn1. The van der Waals surface area contributed by atoms with Crippen molar-refractivity contribution in [2.24, 2.45) is 0 Å². The van der Waals surface area contributed by atoms with Gasteiger partial charge < -0.3 is 9.64 Å². The van der Waals surface area contributed by atoms with Crippen LogP contribution >= 0.6 is 23.4 Å². The Bertz CT molecular complexity index is 416. The molecule has 0 aromatic carbocycles. The van der Waals surface area contributed by atoms with Gasteiger partial charge in [-0.25, -0.2) is 9.97 Å². The predicted octanol–water partition coefficient (Wildman–Crippen LogP) is 2.42. The molecule has 1 unspecified atom stereocenters. The van der Waals surface area contributed by atoms with Crippen LogP contribution in [0.25, 0.3) is 0 Å². The molecule has 6 heteroatoms. The molecule has 0 radical (unpaired) electrons. The van der Waals surface area contributed by atoms with Gasteiger partial charge in [-0.15, -0.1) is 23.4 Å². The Morgan fingerprint density at radius 1 is 1.56 bits per heavy atom. The first-order valence-corrected chi connectivity index (χ1v) is 7.65. The van der Waals surface area contributed by atoms with E-state index >= 15 is 0 Å². The molecule has 1 saturated heterocycles. The van der Waals surface area contributed by atoms with Crippen molar-refractivity contribution in [2.45, 2.75) is 30.6 Å². The number of halogens is 1. The number of hydrogen-bond donors (Lipinski definition) is 0. The maximum absolute atomic E-state index is 5.93. The van der Waals surface area contributed by atoms with E-state index in [1.807, 2.05) is 12.3 Å².